The number of imidazole rings is 1. The normalized spacial score (nSPS) is 15.4. The summed E-state index contributed by atoms with van der Waals surface area (Å²) in [4.78, 5) is 22.1. The number of rotatable bonds is 2. The van der Waals surface area contributed by atoms with Crippen LogP contribution in [0.1, 0.15) is 24.6 Å². The Bertz CT molecular complexity index is 932. The number of piperidine rings is 1. The van der Waals surface area contributed by atoms with E-state index in [4.69, 9.17) is 11.6 Å². The molecule has 5 nitrogen and oxygen atoms in total. The smallest absolute Gasteiger partial charge is 0.321 e. The topological polar surface area (TPSA) is 61.0 Å². The number of anilines is 1. The first-order valence-electron chi connectivity index (χ1n) is 8.55. The summed E-state index contributed by atoms with van der Waals surface area (Å²) in [6.45, 7) is 1.30. The van der Waals surface area contributed by atoms with Gasteiger partial charge in [-0.25, -0.2) is 14.2 Å². The predicted octanol–water partition coefficient (Wildman–Crippen LogP) is 4.77. The Balaban J connectivity index is 1.38. The van der Waals surface area contributed by atoms with Crippen LogP contribution in [-0.4, -0.2) is 34.0 Å². The van der Waals surface area contributed by atoms with Crippen LogP contribution in [0, 0.1) is 5.82 Å². The molecule has 2 N–H and O–H groups in total. The standard InChI is InChI=1S/C19H18ClFN4O/c20-13-1-6-16-17(11-13)24-18(23-16)12-7-9-25(10-8-12)19(26)22-15-4-2-14(21)3-5-15/h1-6,11-12H,7-10H2,(H,22,26)(H,23,24). The molecule has 0 unspecified atom stereocenters. The zero-order valence-electron chi connectivity index (χ0n) is 14.0. The number of carbonyl (C=O) groups is 1. The van der Waals surface area contributed by atoms with Crippen molar-refractivity contribution in [3.8, 4) is 0 Å². The van der Waals surface area contributed by atoms with Gasteiger partial charge >= 0.3 is 6.03 Å². The minimum atomic E-state index is -0.323. The molecule has 7 heteroatoms. The number of H-pyrrole nitrogens is 1. The fourth-order valence-electron chi connectivity index (χ4n) is 3.29. The van der Waals surface area contributed by atoms with Crippen molar-refractivity contribution in [2.45, 2.75) is 18.8 Å². The fraction of sp³-hybridized carbons (Fsp3) is 0.263. The van der Waals surface area contributed by atoms with Gasteiger partial charge in [-0.05, 0) is 55.3 Å². The summed E-state index contributed by atoms with van der Waals surface area (Å²) in [5.41, 5.74) is 2.43. The highest BCUT2D eigenvalue weighted by molar-refractivity contribution is 6.31. The molecule has 0 saturated carbocycles. The summed E-state index contributed by atoms with van der Waals surface area (Å²) in [5.74, 6) is 0.910. The average molecular weight is 373 g/mol. The number of aromatic amines is 1. The van der Waals surface area contributed by atoms with Gasteiger partial charge in [0.25, 0.3) is 0 Å². The number of aromatic nitrogens is 2. The van der Waals surface area contributed by atoms with E-state index in [0.717, 1.165) is 29.7 Å². The second kappa shape index (κ2) is 6.96. The summed E-state index contributed by atoms with van der Waals surface area (Å²) in [6, 6.07) is 11.2. The molecule has 0 aliphatic carbocycles. The number of amides is 2. The minimum absolute atomic E-state index is 0.161. The van der Waals surface area contributed by atoms with Gasteiger partial charge in [0.1, 0.15) is 11.6 Å². The van der Waals surface area contributed by atoms with Crippen LogP contribution >= 0.6 is 11.6 Å². The van der Waals surface area contributed by atoms with E-state index in [9.17, 15) is 9.18 Å². The number of carbonyl (C=O) groups excluding carboxylic acids is 1. The van der Waals surface area contributed by atoms with Crippen LogP contribution in [0.3, 0.4) is 0 Å². The Labute approximate surface area is 155 Å². The second-order valence-corrected chi connectivity index (χ2v) is 6.92. The van der Waals surface area contributed by atoms with Crippen LogP contribution in [0.2, 0.25) is 5.02 Å². The monoisotopic (exact) mass is 372 g/mol. The van der Waals surface area contributed by atoms with E-state index in [2.05, 4.69) is 15.3 Å². The van der Waals surface area contributed by atoms with Crippen molar-refractivity contribution in [3.05, 3.63) is 59.1 Å². The molecule has 134 valence electrons. The Morgan fingerprint density at radius 3 is 2.65 bits per heavy atom. The molecule has 2 aromatic carbocycles. The van der Waals surface area contributed by atoms with Crippen LogP contribution in [0.25, 0.3) is 11.0 Å². The summed E-state index contributed by atoms with van der Waals surface area (Å²) >= 11 is 6.02. The third-order valence-corrected chi connectivity index (χ3v) is 4.96. The molecule has 0 atom stereocenters. The zero-order chi connectivity index (χ0) is 18.1. The highest BCUT2D eigenvalue weighted by Crippen LogP contribution is 2.28. The molecule has 1 aromatic heterocycles. The lowest BCUT2D eigenvalue weighted by Gasteiger charge is -2.31. The highest BCUT2D eigenvalue weighted by atomic mass is 35.5. The Morgan fingerprint density at radius 1 is 1.19 bits per heavy atom. The van der Waals surface area contributed by atoms with Gasteiger partial charge in [-0.3, -0.25) is 0 Å². The first-order chi connectivity index (χ1) is 12.6. The molecule has 1 aliphatic rings. The number of benzene rings is 2. The van der Waals surface area contributed by atoms with Gasteiger partial charge in [-0.1, -0.05) is 11.6 Å². The van der Waals surface area contributed by atoms with Crippen molar-refractivity contribution < 1.29 is 9.18 Å². The number of nitrogens with zero attached hydrogens (tertiary/aromatic N) is 2. The third-order valence-electron chi connectivity index (χ3n) is 4.73. The number of likely N-dealkylation sites (tertiary alicyclic amines) is 1. The van der Waals surface area contributed by atoms with Crippen molar-refractivity contribution in [3.63, 3.8) is 0 Å². The number of urea groups is 1. The van der Waals surface area contributed by atoms with E-state index >= 15 is 0 Å². The van der Waals surface area contributed by atoms with Crippen molar-refractivity contribution in [2.24, 2.45) is 0 Å². The Morgan fingerprint density at radius 2 is 1.92 bits per heavy atom. The van der Waals surface area contributed by atoms with E-state index in [0.29, 0.717) is 23.8 Å². The molecular weight excluding hydrogens is 355 g/mol. The van der Waals surface area contributed by atoms with Crippen LogP contribution in [0.15, 0.2) is 42.5 Å². The molecule has 1 aliphatic heterocycles. The predicted molar refractivity (Wildman–Crippen MR) is 100 cm³/mol. The molecule has 0 radical (unpaired) electrons. The molecule has 3 aromatic rings. The fourth-order valence-corrected chi connectivity index (χ4v) is 3.46. The number of nitrogens with one attached hydrogen (secondary N) is 2. The van der Waals surface area contributed by atoms with Crippen molar-refractivity contribution in [1.29, 1.82) is 0 Å². The quantitative estimate of drug-likeness (QED) is 0.680. The summed E-state index contributed by atoms with van der Waals surface area (Å²) < 4.78 is 12.9. The van der Waals surface area contributed by atoms with Crippen molar-refractivity contribution >= 4 is 34.4 Å². The van der Waals surface area contributed by atoms with E-state index < -0.39 is 0 Å². The van der Waals surface area contributed by atoms with Crippen LogP contribution in [0.4, 0.5) is 14.9 Å². The van der Waals surface area contributed by atoms with E-state index in [1.165, 1.54) is 12.1 Å². The molecule has 2 amide bonds. The van der Waals surface area contributed by atoms with Gasteiger partial charge in [0.05, 0.1) is 11.0 Å². The molecule has 4 rings (SSSR count). The number of hydrogen-bond donors (Lipinski definition) is 2. The number of hydrogen-bond acceptors (Lipinski definition) is 2. The number of fused-ring (bicyclic) bond motifs is 1. The van der Waals surface area contributed by atoms with E-state index in [-0.39, 0.29) is 17.8 Å². The summed E-state index contributed by atoms with van der Waals surface area (Å²) in [6.07, 6.45) is 1.68. The van der Waals surface area contributed by atoms with Gasteiger partial charge in [0.15, 0.2) is 0 Å². The highest BCUT2D eigenvalue weighted by Gasteiger charge is 2.25. The van der Waals surface area contributed by atoms with Crippen LogP contribution in [0.5, 0.6) is 0 Å². The van der Waals surface area contributed by atoms with Crippen molar-refractivity contribution in [1.82, 2.24) is 14.9 Å². The largest absolute Gasteiger partial charge is 0.342 e. The average Bonchev–Trinajstić information content (AvgIpc) is 3.07. The second-order valence-electron chi connectivity index (χ2n) is 6.48. The lowest BCUT2D eigenvalue weighted by molar-refractivity contribution is 0.193. The molecular formula is C19H18ClFN4O. The molecule has 0 spiro atoms. The van der Waals surface area contributed by atoms with Gasteiger partial charge in [0.2, 0.25) is 0 Å². The van der Waals surface area contributed by atoms with E-state index in [1.807, 2.05) is 18.2 Å². The molecule has 2 heterocycles. The van der Waals surface area contributed by atoms with E-state index in [1.54, 1.807) is 17.0 Å². The maximum absolute atomic E-state index is 12.9. The van der Waals surface area contributed by atoms with Crippen LogP contribution < -0.4 is 5.32 Å². The zero-order valence-corrected chi connectivity index (χ0v) is 14.8. The minimum Gasteiger partial charge on any atom is -0.342 e. The van der Waals surface area contributed by atoms with Crippen LogP contribution in [-0.2, 0) is 0 Å². The van der Waals surface area contributed by atoms with Gasteiger partial charge in [-0.2, -0.15) is 0 Å². The van der Waals surface area contributed by atoms with Gasteiger partial charge in [-0.15, -0.1) is 0 Å². The first-order valence-corrected chi connectivity index (χ1v) is 8.93. The first kappa shape index (κ1) is 16.8. The molecule has 1 fully saturated rings. The van der Waals surface area contributed by atoms with Gasteiger partial charge < -0.3 is 15.2 Å². The number of halogens is 2. The molecule has 1 saturated heterocycles. The molecule has 26 heavy (non-hydrogen) atoms. The van der Waals surface area contributed by atoms with Crippen molar-refractivity contribution in [2.75, 3.05) is 18.4 Å². The maximum atomic E-state index is 12.9. The Hall–Kier alpha value is -2.60. The van der Waals surface area contributed by atoms with Gasteiger partial charge in [0, 0.05) is 29.7 Å². The SMILES string of the molecule is O=C(Nc1ccc(F)cc1)N1CCC(c2nc3ccc(Cl)cc3[nH]2)CC1. The third kappa shape index (κ3) is 3.51. The Kier molecular flexibility index (Phi) is 4.51. The lowest BCUT2D eigenvalue weighted by atomic mass is 9.96. The summed E-state index contributed by atoms with van der Waals surface area (Å²) in [5, 5.41) is 3.48. The summed E-state index contributed by atoms with van der Waals surface area (Å²) in [7, 11) is 0. The maximum Gasteiger partial charge on any atom is 0.321 e. The molecule has 0 bridgehead atoms. The lowest BCUT2D eigenvalue weighted by Crippen LogP contribution is -2.40.